The number of hydrogen-bond donors (Lipinski definition) is 2. The van der Waals surface area contributed by atoms with Gasteiger partial charge in [-0.15, -0.1) is 0 Å². The lowest BCUT2D eigenvalue weighted by molar-refractivity contribution is 0.0339. The van der Waals surface area contributed by atoms with Crippen LogP contribution in [0.5, 0.6) is 5.75 Å². The first-order valence-electron chi connectivity index (χ1n) is 12.4. The number of amidine groups is 1. The summed E-state index contributed by atoms with van der Waals surface area (Å²) in [4.78, 5) is 21.2. The second-order valence-corrected chi connectivity index (χ2v) is 9.26. The molecule has 1 heterocycles. The van der Waals surface area contributed by atoms with E-state index in [0.717, 1.165) is 26.8 Å². The van der Waals surface area contributed by atoms with Crippen molar-refractivity contribution >= 4 is 35.9 Å². The van der Waals surface area contributed by atoms with Gasteiger partial charge in [0.1, 0.15) is 11.4 Å². The van der Waals surface area contributed by atoms with Crippen LogP contribution in [0, 0.1) is 6.92 Å². The average Bonchev–Trinajstić information content (AvgIpc) is 2.88. The minimum Gasteiger partial charge on any atom is -0.490 e. The highest BCUT2D eigenvalue weighted by atomic mass is 35.5. The Morgan fingerprint density at radius 3 is 2.45 bits per heavy atom. The summed E-state index contributed by atoms with van der Waals surface area (Å²) in [5, 5.41) is 5.55. The molecule has 1 atom stereocenters. The van der Waals surface area contributed by atoms with Crippen LogP contribution >= 0.6 is 11.6 Å². The van der Waals surface area contributed by atoms with E-state index in [-0.39, 0.29) is 6.10 Å². The lowest BCUT2D eigenvalue weighted by Crippen LogP contribution is -2.33. The standard InChI is InChI=1S/C19H27N5O4.C7H7Cl.C2H6/c1-13(8-7-11-24(21-6)18(25)27-19(2,3)4)26-14-9-10-15-16(12-14)22-28-23-17(15)20-5;1-6-4-2-3-5-7(6)8;1-2/h7,9-13,22H,6,8H2,1-5H3,(H,20,23);2-5H,1H3;1-2H3/b11-7-;;. The van der Waals surface area contributed by atoms with Crippen LogP contribution in [0.4, 0.5) is 10.5 Å². The molecule has 2 aromatic carbocycles. The Balaban J connectivity index is 0.000000607. The fourth-order valence-electron chi connectivity index (χ4n) is 2.90. The first kappa shape index (κ1) is 32.5. The number of carbonyl (C=O) groups excluding carboxylic acids is 1. The van der Waals surface area contributed by atoms with Crippen molar-refractivity contribution in [3.63, 3.8) is 0 Å². The molecule has 0 aliphatic carbocycles. The minimum atomic E-state index is -0.605. The number of hydrogen-bond acceptors (Lipinski definition) is 7. The molecule has 1 aliphatic heterocycles. The number of ether oxygens (including phenoxy) is 2. The zero-order valence-electron chi connectivity index (χ0n) is 23.5. The van der Waals surface area contributed by atoms with Crippen molar-refractivity contribution in [1.29, 1.82) is 0 Å². The van der Waals surface area contributed by atoms with Crippen LogP contribution in [0.2, 0.25) is 5.02 Å². The molecule has 3 rings (SSSR count). The molecule has 2 aromatic rings. The monoisotopic (exact) mass is 545 g/mol. The predicted octanol–water partition coefficient (Wildman–Crippen LogP) is 7.12. The molecular formula is C28H40ClN5O4. The maximum atomic E-state index is 12.0. The van der Waals surface area contributed by atoms with E-state index >= 15 is 0 Å². The van der Waals surface area contributed by atoms with Gasteiger partial charge in [-0.05, 0) is 58.4 Å². The van der Waals surface area contributed by atoms with E-state index in [4.69, 9.17) is 26.0 Å². The second kappa shape index (κ2) is 16.3. The lowest BCUT2D eigenvalue weighted by Gasteiger charge is -2.22. The highest BCUT2D eigenvalue weighted by Crippen LogP contribution is 2.26. The number of nitrogens with zero attached hydrogens (tertiary/aromatic N) is 3. The number of amides is 1. The molecule has 9 nitrogen and oxygen atoms in total. The number of halogens is 1. The van der Waals surface area contributed by atoms with Gasteiger partial charge in [-0.3, -0.25) is 4.99 Å². The van der Waals surface area contributed by atoms with Crippen LogP contribution in [0.25, 0.3) is 0 Å². The number of fused-ring (bicyclic) bond motifs is 1. The van der Waals surface area contributed by atoms with Crippen LogP contribution in [0.15, 0.2) is 64.8 Å². The van der Waals surface area contributed by atoms with Crippen molar-refractivity contribution in [3.8, 4) is 5.75 Å². The fraction of sp³-hybridized carbons (Fsp3) is 0.393. The zero-order chi connectivity index (χ0) is 28.7. The molecule has 0 bridgehead atoms. The number of anilines is 1. The molecule has 0 saturated carbocycles. The van der Waals surface area contributed by atoms with Gasteiger partial charge < -0.3 is 9.47 Å². The average molecular weight is 546 g/mol. The molecule has 1 amide bonds. The first-order chi connectivity index (χ1) is 18.0. The summed E-state index contributed by atoms with van der Waals surface area (Å²) in [7, 11) is 1.68. The maximum Gasteiger partial charge on any atom is 0.435 e. The molecule has 0 spiro atoms. The quantitative estimate of drug-likeness (QED) is 0.296. The van der Waals surface area contributed by atoms with E-state index in [9.17, 15) is 4.79 Å². The summed E-state index contributed by atoms with van der Waals surface area (Å²) >= 11 is 5.71. The molecule has 0 radical (unpaired) electrons. The van der Waals surface area contributed by atoms with Gasteiger partial charge in [0.15, 0.2) is 5.84 Å². The van der Waals surface area contributed by atoms with E-state index in [1.807, 2.05) is 70.2 Å². The molecule has 1 aliphatic rings. The highest BCUT2D eigenvalue weighted by molar-refractivity contribution is 6.31. The molecule has 0 saturated heterocycles. The molecule has 0 fully saturated rings. The minimum absolute atomic E-state index is 0.137. The molecule has 2 N–H and O–H groups in total. The van der Waals surface area contributed by atoms with Crippen LogP contribution in [0.3, 0.4) is 0 Å². The molecule has 38 heavy (non-hydrogen) atoms. The van der Waals surface area contributed by atoms with E-state index < -0.39 is 11.7 Å². The van der Waals surface area contributed by atoms with Crippen molar-refractivity contribution in [2.75, 3.05) is 12.5 Å². The topological polar surface area (TPSA) is 96.8 Å². The van der Waals surface area contributed by atoms with Crippen molar-refractivity contribution in [2.24, 2.45) is 10.1 Å². The number of aliphatic imine (C=N–C) groups is 1. The summed E-state index contributed by atoms with van der Waals surface area (Å²) in [6.45, 7) is 16.7. The molecule has 0 aromatic heterocycles. The number of hydroxylamine groups is 1. The van der Waals surface area contributed by atoms with Crippen LogP contribution in [-0.2, 0) is 9.68 Å². The summed E-state index contributed by atoms with van der Waals surface area (Å²) in [6.07, 6.45) is 3.11. The maximum absolute atomic E-state index is 12.0. The summed E-state index contributed by atoms with van der Waals surface area (Å²) in [6, 6.07) is 13.4. The second-order valence-electron chi connectivity index (χ2n) is 8.85. The van der Waals surface area contributed by atoms with E-state index in [2.05, 4.69) is 27.8 Å². The van der Waals surface area contributed by atoms with E-state index in [0.29, 0.717) is 18.0 Å². The zero-order valence-corrected chi connectivity index (χ0v) is 24.3. The van der Waals surface area contributed by atoms with E-state index in [1.54, 1.807) is 33.9 Å². The summed E-state index contributed by atoms with van der Waals surface area (Å²) < 4.78 is 11.2. The SMILES string of the molecule is C=NN(/C=C\CC(C)Oc1ccc2c(c1)NONC2=NC)C(=O)OC(C)(C)C.CC.Cc1ccccc1Cl. The number of aryl methyl sites for hydroxylation is 1. The van der Waals surface area contributed by atoms with Gasteiger partial charge in [0.2, 0.25) is 0 Å². The Morgan fingerprint density at radius 1 is 1.21 bits per heavy atom. The third-order valence-electron chi connectivity index (χ3n) is 4.64. The molecular weight excluding hydrogens is 506 g/mol. The van der Waals surface area contributed by atoms with Crippen LogP contribution in [0.1, 0.15) is 59.1 Å². The number of hydrazone groups is 1. The van der Waals surface area contributed by atoms with Gasteiger partial charge >= 0.3 is 6.09 Å². The number of rotatable bonds is 6. The van der Waals surface area contributed by atoms with Gasteiger partial charge in [-0.2, -0.15) is 15.0 Å². The van der Waals surface area contributed by atoms with Gasteiger partial charge in [-0.25, -0.2) is 15.8 Å². The van der Waals surface area contributed by atoms with Crippen molar-refractivity contribution < 1.29 is 19.2 Å². The molecule has 1 unspecified atom stereocenters. The third kappa shape index (κ3) is 11.2. The predicted molar refractivity (Wildman–Crippen MR) is 156 cm³/mol. The Bertz CT molecular complexity index is 1080. The van der Waals surface area contributed by atoms with Crippen molar-refractivity contribution in [1.82, 2.24) is 10.5 Å². The van der Waals surface area contributed by atoms with E-state index in [1.165, 1.54) is 6.20 Å². The highest BCUT2D eigenvalue weighted by Gasteiger charge is 2.20. The Morgan fingerprint density at radius 2 is 1.89 bits per heavy atom. The van der Waals surface area contributed by atoms with Crippen LogP contribution < -0.4 is 15.7 Å². The third-order valence-corrected chi connectivity index (χ3v) is 5.06. The smallest absolute Gasteiger partial charge is 0.435 e. The molecule has 10 heteroatoms. The van der Waals surface area contributed by atoms with Crippen LogP contribution in [-0.4, -0.2) is 42.4 Å². The van der Waals surface area contributed by atoms with Gasteiger partial charge in [-0.1, -0.05) is 49.7 Å². The van der Waals surface area contributed by atoms with Crippen molar-refractivity contribution in [3.05, 3.63) is 70.9 Å². The van der Waals surface area contributed by atoms with Gasteiger partial charge in [0.05, 0.1) is 11.8 Å². The number of carbonyl (C=O) groups is 1. The first-order valence-corrected chi connectivity index (χ1v) is 12.7. The normalized spacial score (nSPS) is 13.9. The van der Waals surface area contributed by atoms with Gasteiger partial charge in [0, 0.05) is 43.0 Å². The Labute approximate surface area is 231 Å². The Kier molecular flexibility index (Phi) is 13.9. The number of benzene rings is 2. The number of nitrogens with one attached hydrogen (secondary N) is 2. The lowest BCUT2D eigenvalue weighted by atomic mass is 10.1. The summed E-state index contributed by atoms with van der Waals surface area (Å²) in [5.41, 5.74) is 7.63. The Hall–Kier alpha value is -3.56. The largest absolute Gasteiger partial charge is 0.490 e. The molecule has 208 valence electrons. The van der Waals surface area contributed by atoms with Crippen molar-refractivity contribution in [2.45, 2.75) is 66.6 Å². The van der Waals surface area contributed by atoms with Gasteiger partial charge in [0.25, 0.3) is 0 Å². The summed E-state index contributed by atoms with van der Waals surface area (Å²) in [5.74, 6) is 1.31. The fourth-order valence-corrected chi connectivity index (χ4v) is 3.03.